The molecule has 10 heavy (non-hydrogen) atoms. The maximum atomic E-state index is 9.79. The Morgan fingerprint density at radius 2 is 2.10 bits per heavy atom. The molecule has 0 atom stereocenters. The summed E-state index contributed by atoms with van der Waals surface area (Å²) in [6.45, 7) is 5.26. The number of hydrogen-bond donors (Lipinski definition) is 1. The van der Waals surface area contributed by atoms with Crippen LogP contribution < -0.4 is 5.32 Å². The van der Waals surface area contributed by atoms with E-state index in [9.17, 15) is 4.79 Å². The number of rotatable bonds is 6. The molecular formula is C8H17NO. The fraction of sp³-hybridized carbons (Fsp3) is 0.875. The number of hydrogen-bond acceptors (Lipinski definition) is 1. The molecule has 0 unspecified atom stereocenters. The molecule has 2 nitrogen and oxygen atoms in total. The highest BCUT2D eigenvalue weighted by Crippen LogP contribution is 2.04. The molecule has 0 aliphatic heterocycles. The van der Waals surface area contributed by atoms with Crippen LogP contribution in [0.25, 0.3) is 0 Å². The van der Waals surface area contributed by atoms with Gasteiger partial charge in [-0.3, -0.25) is 4.79 Å². The highest BCUT2D eigenvalue weighted by atomic mass is 16.1. The summed E-state index contributed by atoms with van der Waals surface area (Å²) in [6.07, 6.45) is 4.35. The molecule has 0 radical (unpaired) electrons. The molecule has 1 N–H and O–H groups in total. The third kappa shape index (κ3) is 7.47. The SMILES string of the molecule is CC(C)CCCCNC=O. The van der Waals surface area contributed by atoms with Gasteiger partial charge in [-0.15, -0.1) is 0 Å². The molecule has 0 aromatic rings. The van der Waals surface area contributed by atoms with E-state index in [0.29, 0.717) is 0 Å². The normalized spacial score (nSPS) is 9.90. The molecule has 60 valence electrons. The van der Waals surface area contributed by atoms with Crippen molar-refractivity contribution < 1.29 is 4.79 Å². The summed E-state index contributed by atoms with van der Waals surface area (Å²) >= 11 is 0. The average molecular weight is 143 g/mol. The predicted molar refractivity (Wildman–Crippen MR) is 42.8 cm³/mol. The Morgan fingerprint density at radius 1 is 1.40 bits per heavy atom. The minimum Gasteiger partial charge on any atom is -0.359 e. The average Bonchev–Trinajstić information content (AvgIpc) is 1.87. The molecule has 0 bridgehead atoms. The Morgan fingerprint density at radius 3 is 2.60 bits per heavy atom. The first-order valence-corrected chi connectivity index (χ1v) is 3.94. The minimum atomic E-state index is 0.759. The van der Waals surface area contributed by atoms with Gasteiger partial charge in [-0.05, 0) is 12.3 Å². The summed E-state index contributed by atoms with van der Waals surface area (Å²) < 4.78 is 0. The molecule has 1 amide bonds. The van der Waals surface area contributed by atoms with Gasteiger partial charge in [0.25, 0.3) is 0 Å². The smallest absolute Gasteiger partial charge is 0.207 e. The largest absolute Gasteiger partial charge is 0.359 e. The summed E-state index contributed by atoms with van der Waals surface area (Å²) in [5.74, 6) is 0.788. The van der Waals surface area contributed by atoms with Gasteiger partial charge in [0, 0.05) is 6.54 Å². The summed E-state index contributed by atoms with van der Waals surface area (Å²) in [6, 6.07) is 0. The summed E-state index contributed by atoms with van der Waals surface area (Å²) in [5.41, 5.74) is 0. The second-order valence-electron chi connectivity index (χ2n) is 2.96. The van der Waals surface area contributed by atoms with Crippen LogP contribution in [0, 0.1) is 5.92 Å². The molecule has 0 fully saturated rings. The van der Waals surface area contributed by atoms with Gasteiger partial charge in [-0.2, -0.15) is 0 Å². The van der Waals surface area contributed by atoms with Gasteiger partial charge in [0.1, 0.15) is 0 Å². The highest BCUT2D eigenvalue weighted by Gasteiger charge is 1.92. The number of carbonyl (C=O) groups is 1. The van der Waals surface area contributed by atoms with Crippen molar-refractivity contribution in [1.82, 2.24) is 5.32 Å². The zero-order valence-corrected chi connectivity index (χ0v) is 6.89. The van der Waals surface area contributed by atoms with Crippen molar-refractivity contribution >= 4 is 6.41 Å². The number of nitrogens with one attached hydrogen (secondary N) is 1. The Hall–Kier alpha value is -0.530. The highest BCUT2D eigenvalue weighted by molar-refractivity contribution is 5.45. The number of unbranched alkanes of at least 4 members (excludes halogenated alkanes) is 1. The van der Waals surface area contributed by atoms with Crippen molar-refractivity contribution in [2.45, 2.75) is 33.1 Å². The van der Waals surface area contributed by atoms with E-state index < -0.39 is 0 Å². The van der Waals surface area contributed by atoms with E-state index in [0.717, 1.165) is 25.3 Å². The lowest BCUT2D eigenvalue weighted by atomic mass is 10.1. The van der Waals surface area contributed by atoms with E-state index in [-0.39, 0.29) is 0 Å². The van der Waals surface area contributed by atoms with Gasteiger partial charge in [0.15, 0.2) is 0 Å². The Bertz CT molecular complexity index is 81.3. The molecule has 0 aromatic carbocycles. The Kier molecular flexibility index (Phi) is 6.24. The predicted octanol–water partition coefficient (Wildman–Crippen LogP) is 1.56. The van der Waals surface area contributed by atoms with Crippen LogP contribution in [0.4, 0.5) is 0 Å². The van der Waals surface area contributed by atoms with Crippen LogP contribution in [0.5, 0.6) is 0 Å². The van der Waals surface area contributed by atoms with Gasteiger partial charge in [0.2, 0.25) is 6.41 Å². The van der Waals surface area contributed by atoms with Crippen LogP contribution in [-0.4, -0.2) is 13.0 Å². The lowest BCUT2D eigenvalue weighted by molar-refractivity contribution is -0.109. The fourth-order valence-electron chi connectivity index (χ4n) is 0.839. The van der Waals surface area contributed by atoms with Gasteiger partial charge < -0.3 is 5.32 Å². The van der Waals surface area contributed by atoms with Gasteiger partial charge >= 0.3 is 0 Å². The van der Waals surface area contributed by atoms with Crippen LogP contribution in [0.3, 0.4) is 0 Å². The second-order valence-corrected chi connectivity index (χ2v) is 2.96. The van der Waals surface area contributed by atoms with Crippen LogP contribution in [0.15, 0.2) is 0 Å². The van der Waals surface area contributed by atoms with Crippen LogP contribution >= 0.6 is 0 Å². The first kappa shape index (κ1) is 9.47. The molecule has 0 saturated heterocycles. The van der Waals surface area contributed by atoms with Crippen LogP contribution in [0.1, 0.15) is 33.1 Å². The third-order valence-electron chi connectivity index (χ3n) is 1.44. The third-order valence-corrected chi connectivity index (χ3v) is 1.44. The molecule has 0 spiro atoms. The molecule has 0 rings (SSSR count). The summed E-state index contributed by atoms with van der Waals surface area (Å²) in [5, 5.41) is 2.64. The van der Waals surface area contributed by atoms with Gasteiger partial charge in [0.05, 0.1) is 0 Å². The molecule has 0 heterocycles. The fourth-order valence-corrected chi connectivity index (χ4v) is 0.839. The Labute approximate surface area is 63.0 Å². The molecular weight excluding hydrogens is 126 g/mol. The first-order valence-electron chi connectivity index (χ1n) is 3.94. The zero-order valence-electron chi connectivity index (χ0n) is 6.89. The van der Waals surface area contributed by atoms with E-state index in [1.54, 1.807) is 0 Å². The molecule has 0 aliphatic carbocycles. The molecule has 0 aromatic heterocycles. The van der Waals surface area contributed by atoms with Crippen LogP contribution in [0.2, 0.25) is 0 Å². The lowest BCUT2D eigenvalue weighted by Crippen LogP contribution is -2.11. The van der Waals surface area contributed by atoms with E-state index >= 15 is 0 Å². The van der Waals surface area contributed by atoms with E-state index in [4.69, 9.17) is 0 Å². The molecule has 0 saturated carbocycles. The zero-order chi connectivity index (χ0) is 7.82. The minimum absolute atomic E-state index is 0.759. The topological polar surface area (TPSA) is 29.1 Å². The maximum Gasteiger partial charge on any atom is 0.207 e. The van der Waals surface area contributed by atoms with Crippen LogP contribution in [-0.2, 0) is 4.79 Å². The van der Waals surface area contributed by atoms with E-state index in [2.05, 4.69) is 19.2 Å². The Balaban J connectivity index is 2.83. The number of carbonyl (C=O) groups excluding carboxylic acids is 1. The van der Waals surface area contributed by atoms with Crippen molar-refractivity contribution in [3.8, 4) is 0 Å². The second kappa shape index (κ2) is 6.59. The van der Waals surface area contributed by atoms with Gasteiger partial charge in [-0.25, -0.2) is 0 Å². The summed E-state index contributed by atoms with van der Waals surface area (Å²) in [4.78, 5) is 9.79. The van der Waals surface area contributed by atoms with Gasteiger partial charge in [-0.1, -0.05) is 26.7 Å². The van der Waals surface area contributed by atoms with Crippen molar-refractivity contribution in [3.05, 3.63) is 0 Å². The lowest BCUT2D eigenvalue weighted by Gasteiger charge is -2.02. The first-order chi connectivity index (χ1) is 4.77. The van der Waals surface area contributed by atoms with E-state index in [1.165, 1.54) is 12.8 Å². The number of amides is 1. The van der Waals surface area contributed by atoms with Crippen molar-refractivity contribution in [2.24, 2.45) is 5.92 Å². The molecule has 0 aliphatic rings. The molecule has 2 heteroatoms. The van der Waals surface area contributed by atoms with Crippen molar-refractivity contribution in [2.75, 3.05) is 6.54 Å². The van der Waals surface area contributed by atoms with Crippen molar-refractivity contribution in [1.29, 1.82) is 0 Å². The summed E-state index contributed by atoms with van der Waals surface area (Å²) in [7, 11) is 0. The standard InChI is InChI=1S/C8H17NO/c1-8(2)5-3-4-6-9-7-10/h7-8H,3-6H2,1-2H3,(H,9,10). The quantitative estimate of drug-likeness (QED) is 0.443. The van der Waals surface area contributed by atoms with Crippen molar-refractivity contribution in [3.63, 3.8) is 0 Å². The van der Waals surface area contributed by atoms with E-state index in [1.807, 2.05) is 0 Å². The maximum absolute atomic E-state index is 9.79. The monoisotopic (exact) mass is 143 g/mol.